The van der Waals surface area contributed by atoms with Crippen molar-refractivity contribution in [3.63, 3.8) is 0 Å². The number of benzene rings is 2. The standard InChI is InChI=1S/C21H21NO6/c1-21-13-3-4-14-18(28-9-25-14)12(13)7-22(2)19(21)11-6-16-15(26-8-27-16)5-10(11)17(23)20(21)24/h3-6,17,19-20,23-24H,7-9H2,1-2H3/t17-,19+,20-,21+/m0/s1. The number of likely N-dealkylation sites (N-methyl/N-ethyl adjacent to an activating group) is 1. The Kier molecular flexibility index (Phi) is 3.13. The van der Waals surface area contributed by atoms with Crippen molar-refractivity contribution in [2.75, 3.05) is 20.6 Å². The Morgan fingerprint density at radius 3 is 2.43 bits per heavy atom. The van der Waals surface area contributed by atoms with Gasteiger partial charge in [0, 0.05) is 23.6 Å². The van der Waals surface area contributed by atoms with Crippen molar-refractivity contribution in [1.29, 1.82) is 0 Å². The van der Waals surface area contributed by atoms with E-state index in [9.17, 15) is 10.2 Å². The maximum absolute atomic E-state index is 11.3. The summed E-state index contributed by atoms with van der Waals surface area (Å²) < 4.78 is 22.3. The van der Waals surface area contributed by atoms with E-state index in [0.717, 1.165) is 28.2 Å². The minimum absolute atomic E-state index is 0.136. The Morgan fingerprint density at radius 2 is 1.64 bits per heavy atom. The van der Waals surface area contributed by atoms with Gasteiger partial charge in [-0.2, -0.15) is 0 Å². The first-order valence-corrected chi connectivity index (χ1v) is 9.42. The van der Waals surface area contributed by atoms with Crippen molar-refractivity contribution >= 4 is 0 Å². The highest BCUT2D eigenvalue weighted by atomic mass is 16.7. The molecule has 1 aliphatic carbocycles. The normalized spacial score (nSPS) is 31.9. The summed E-state index contributed by atoms with van der Waals surface area (Å²) in [6, 6.07) is 7.50. The number of ether oxygens (including phenoxy) is 4. The average molecular weight is 383 g/mol. The van der Waals surface area contributed by atoms with Crippen LogP contribution in [0.3, 0.4) is 0 Å². The molecule has 0 radical (unpaired) electrons. The summed E-state index contributed by atoms with van der Waals surface area (Å²) in [6.45, 7) is 3.03. The second-order valence-electron chi connectivity index (χ2n) is 8.15. The molecule has 7 nitrogen and oxygen atoms in total. The van der Waals surface area contributed by atoms with Crippen LogP contribution < -0.4 is 18.9 Å². The molecule has 3 heterocycles. The van der Waals surface area contributed by atoms with Gasteiger partial charge in [0.05, 0.1) is 6.10 Å². The molecule has 4 atom stereocenters. The third-order valence-corrected chi connectivity index (χ3v) is 6.74. The Morgan fingerprint density at radius 1 is 0.964 bits per heavy atom. The van der Waals surface area contributed by atoms with Crippen LogP contribution >= 0.6 is 0 Å². The van der Waals surface area contributed by atoms with Crippen molar-refractivity contribution in [2.45, 2.75) is 37.1 Å². The highest BCUT2D eigenvalue weighted by molar-refractivity contribution is 5.60. The fourth-order valence-electron chi connectivity index (χ4n) is 5.48. The number of rotatable bonds is 0. The highest BCUT2D eigenvalue weighted by Gasteiger charge is 2.56. The van der Waals surface area contributed by atoms with Crippen LogP contribution in [0.5, 0.6) is 23.0 Å². The highest BCUT2D eigenvalue weighted by Crippen LogP contribution is 2.59. The summed E-state index contributed by atoms with van der Waals surface area (Å²) in [7, 11) is 2.03. The third kappa shape index (κ3) is 1.84. The van der Waals surface area contributed by atoms with Crippen LogP contribution in [0.2, 0.25) is 0 Å². The molecule has 7 heteroatoms. The van der Waals surface area contributed by atoms with Gasteiger partial charge in [0.25, 0.3) is 0 Å². The van der Waals surface area contributed by atoms with Crippen LogP contribution in [0.1, 0.15) is 41.3 Å². The lowest BCUT2D eigenvalue weighted by Gasteiger charge is -2.55. The summed E-state index contributed by atoms with van der Waals surface area (Å²) in [5.41, 5.74) is 2.90. The Hall–Kier alpha value is -2.48. The quantitative estimate of drug-likeness (QED) is 0.720. The summed E-state index contributed by atoms with van der Waals surface area (Å²) in [6.07, 6.45) is -2.03. The molecule has 3 aliphatic heterocycles. The van der Waals surface area contributed by atoms with Crippen LogP contribution in [0.4, 0.5) is 0 Å². The molecule has 2 N–H and O–H groups in total. The molecule has 6 rings (SSSR count). The Bertz CT molecular complexity index is 1010. The predicted octanol–water partition coefficient (Wildman–Crippen LogP) is 2.00. The predicted molar refractivity (Wildman–Crippen MR) is 97.7 cm³/mol. The molecule has 146 valence electrons. The van der Waals surface area contributed by atoms with E-state index in [0.29, 0.717) is 23.6 Å². The first-order valence-electron chi connectivity index (χ1n) is 9.42. The third-order valence-electron chi connectivity index (χ3n) is 6.74. The number of hydrogen-bond acceptors (Lipinski definition) is 7. The molecule has 28 heavy (non-hydrogen) atoms. The minimum Gasteiger partial charge on any atom is -0.454 e. The van der Waals surface area contributed by atoms with Gasteiger partial charge in [-0.15, -0.1) is 0 Å². The number of aliphatic hydroxyl groups excluding tert-OH is 2. The van der Waals surface area contributed by atoms with Crippen molar-refractivity contribution in [3.8, 4) is 23.0 Å². The summed E-state index contributed by atoms with van der Waals surface area (Å²) in [5.74, 6) is 2.75. The second kappa shape index (κ2) is 5.31. The topological polar surface area (TPSA) is 80.6 Å². The van der Waals surface area contributed by atoms with Gasteiger partial charge >= 0.3 is 0 Å². The lowest BCUT2D eigenvalue weighted by Crippen LogP contribution is -2.56. The summed E-state index contributed by atoms with van der Waals surface area (Å²) >= 11 is 0. The average Bonchev–Trinajstić information content (AvgIpc) is 3.33. The zero-order valence-corrected chi connectivity index (χ0v) is 15.6. The zero-order valence-electron chi connectivity index (χ0n) is 15.6. The van der Waals surface area contributed by atoms with E-state index in [1.807, 2.05) is 32.2 Å². The van der Waals surface area contributed by atoms with Gasteiger partial charge in [0.2, 0.25) is 13.6 Å². The van der Waals surface area contributed by atoms with Gasteiger partial charge in [-0.05, 0) is 41.9 Å². The monoisotopic (exact) mass is 383 g/mol. The minimum atomic E-state index is -1.03. The first kappa shape index (κ1) is 16.5. The van der Waals surface area contributed by atoms with Crippen LogP contribution in [-0.4, -0.2) is 41.9 Å². The molecule has 0 aromatic heterocycles. The largest absolute Gasteiger partial charge is 0.454 e. The van der Waals surface area contributed by atoms with E-state index in [1.165, 1.54) is 0 Å². The fourth-order valence-corrected chi connectivity index (χ4v) is 5.48. The van der Waals surface area contributed by atoms with Crippen molar-refractivity contribution < 1.29 is 29.2 Å². The van der Waals surface area contributed by atoms with Gasteiger partial charge in [-0.1, -0.05) is 13.0 Å². The molecule has 0 bridgehead atoms. The van der Waals surface area contributed by atoms with Gasteiger partial charge in [0.1, 0.15) is 6.10 Å². The van der Waals surface area contributed by atoms with Crippen molar-refractivity contribution in [3.05, 3.63) is 46.5 Å². The molecule has 2 aromatic rings. The summed E-state index contributed by atoms with van der Waals surface area (Å²) in [5, 5.41) is 22.4. The molecular formula is C21H21NO6. The second-order valence-corrected chi connectivity index (χ2v) is 8.15. The maximum Gasteiger partial charge on any atom is 0.231 e. The van der Waals surface area contributed by atoms with E-state index in [1.54, 1.807) is 6.07 Å². The van der Waals surface area contributed by atoms with Crippen molar-refractivity contribution in [1.82, 2.24) is 4.90 Å². The van der Waals surface area contributed by atoms with E-state index in [2.05, 4.69) is 4.90 Å². The van der Waals surface area contributed by atoms with E-state index >= 15 is 0 Å². The molecule has 0 amide bonds. The number of aliphatic hydroxyl groups is 2. The van der Waals surface area contributed by atoms with Gasteiger partial charge < -0.3 is 29.2 Å². The molecule has 0 saturated heterocycles. The van der Waals surface area contributed by atoms with Crippen LogP contribution in [-0.2, 0) is 12.0 Å². The van der Waals surface area contributed by atoms with Gasteiger partial charge in [-0.3, -0.25) is 4.90 Å². The molecule has 2 aromatic carbocycles. The van der Waals surface area contributed by atoms with Crippen LogP contribution in [0, 0.1) is 0 Å². The Labute approximate surface area is 162 Å². The van der Waals surface area contributed by atoms with Gasteiger partial charge in [0.15, 0.2) is 23.0 Å². The Balaban J connectivity index is 1.61. The number of fused-ring (bicyclic) bond motifs is 8. The molecule has 4 aliphatic rings. The molecule has 0 fully saturated rings. The molecule has 0 saturated carbocycles. The van der Waals surface area contributed by atoms with Crippen molar-refractivity contribution in [2.24, 2.45) is 0 Å². The lowest BCUT2D eigenvalue weighted by molar-refractivity contribution is -0.0785. The smallest absolute Gasteiger partial charge is 0.231 e. The first-order chi connectivity index (χ1) is 13.5. The van der Waals surface area contributed by atoms with Crippen LogP contribution in [0.25, 0.3) is 0 Å². The summed E-state index contributed by atoms with van der Waals surface area (Å²) in [4.78, 5) is 2.19. The molecule has 0 spiro atoms. The molecule has 0 unspecified atom stereocenters. The SMILES string of the molecule is CN1Cc2c(ccc3c2OCO3)[C@@]2(C)[C@@H](O)[C@@H](O)c3cc4c(cc3[C@@H]12)OCO4. The van der Waals surface area contributed by atoms with E-state index in [-0.39, 0.29) is 19.6 Å². The van der Waals surface area contributed by atoms with Crippen LogP contribution in [0.15, 0.2) is 24.3 Å². The zero-order chi connectivity index (χ0) is 19.2. The van der Waals surface area contributed by atoms with Gasteiger partial charge in [-0.25, -0.2) is 0 Å². The maximum atomic E-state index is 11.3. The lowest BCUT2D eigenvalue weighted by atomic mass is 9.59. The number of nitrogens with zero attached hydrogens (tertiary/aromatic N) is 1. The fraction of sp³-hybridized carbons (Fsp3) is 0.429. The molecular weight excluding hydrogens is 362 g/mol. The van der Waals surface area contributed by atoms with E-state index in [4.69, 9.17) is 18.9 Å². The van der Waals surface area contributed by atoms with E-state index < -0.39 is 17.6 Å². The number of hydrogen-bond donors (Lipinski definition) is 2.